The fourth-order valence-electron chi connectivity index (χ4n) is 3.83. The molecular weight excluding hydrogens is 532 g/mol. The monoisotopic (exact) mass is 562 g/mol. The Morgan fingerprint density at radius 3 is 2.59 bits per heavy atom. The molecule has 4 N–H and O–H groups in total. The predicted molar refractivity (Wildman–Crippen MR) is 144 cm³/mol. The third kappa shape index (κ3) is 7.24. The summed E-state index contributed by atoms with van der Waals surface area (Å²) in [4.78, 5) is 24.5. The van der Waals surface area contributed by atoms with Crippen LogP contribution in [0.2, 0.25) is 5.02 Å². The molecule has 210 valence electrons. The Bertz CT molecular complexity index is 1270. The Morgan fingerprint density at radius 1 is 1.15 bits per heavy atom. The van der Waals surface area contributed by atoms with Crippen LogP contribution in [0.5, 0.6) is 23.0 Å². The molecule has 2 amide bonds. The third-order valence-electron chi connectivity index (χ3n) is 5.57. The summed E-state index contributed by atoms with van der Waals surface area (Å²) < 4.78 is 26.8. The molecule has 2 aromatic carbocycles. The first-order valence-electron chi connectivity index (χ1n) is 11.9. The maximum atomic E-state index is 12.4. The zero-order valence-corrected chi connectivity index (χ0v) is 22.9. The van der Waals surface area contributed by atoms with Crippen LogP contribution in [0.1, 0.15) is 31.0 Å². The van der Waals surface area contributed by atoms with Crippen LogP contribution in [-0.4, -0.2) is 64.1 Å². The lowest BCUT2D eigenvalue weighted by molar-refractivity contribution is -0.136. The topological polar surface area (TPSA) is 149 Å². The van der Waals surface area contributed by atoms with Crippen molar-refractivity contribution in [2.75, 3.05) is 34.5 Å². The summed E-state index contributed by atoms with van der Waals surface area (Å²) in [6.07, 6.45) is 0.297. The Balaban J connectivity index is 1.70. The zero-order chi connectivity index (χ0) is 28.5. The van der Waals surface area contributed by atoms with Crippen molar-refractivity contribution < 1.29 is 38.4 Å². The molecule has 0 saturated carbocycles. The molecule has 0 fully saturated rings. The van der Waals surface area contributed by atoms with E-state index >= 15 is 0 Å². The molecule has 0 bridgehead atoms. The highest BCUT2D eigenvalue weighted by atomic mass is 35.5. The number of halogens is 1. The maximum Gasteiger partial charge on any atom is 0.337 e. The maximum absolute atomic E-state index is 12.4. The highest BCUT2D eigenvalue weighted by Gasteiger charge is 2.32. The van der Waals surface area contributed by atoms with E-state index in [1.165, 1.54) is 27.5 Å². The first-order valence-corrected chi connectivity index (χ1v) is 12.2. The van der Waals surface area contributed by atoms with E-state index in [0.717, 1.165) is 0 Å². The molecule has 13 heteroatoms. The molecule has 0 radical (unpaired) electrons. The van der Waals surface area contributed by atoms with Crippen LogP contribution in [0.25, 0.3) is 0 Å². The van der Waals surface area contributed by atoms with Gasteiger partial charge in [-0.15, -0.1) is 0 Å². The largest absolute Gasteiger partial charge is 0.493 e. The number of urea groups is 1. The summed E-state index contributed by atoms with van der Waals surface area (Å²) >= 11 is 6.20. The fraction of sp³-hybridized carbons (Fsp3) is 0.346. The summed E-state index contributed by atoms with van der Waals surface area (Å²) in [5.74, 6) is 0.978. The number of hydrazone groups is 1. The van der Waals surface area contributed by atoms with Gasteiger partial charge in [-0.2, -0.15) is 5.10 Å². The van der Waals surface area contributed by atoms with E-state index in [9.17, 15) is 14.7 Å². The lowest BCUT2D eigenvalue weighted by Gasteiger charge is -2.28. The van der Waals surface area contributed by atoms with Gasteiger partial charge in [-0.05, 0) is 49.2 Å². The Morgan fingerprint density at radius 2 is 1.92 bits per heavy atom. The van der Waals surface area contributed by atoms with E-state index in [2.05, 4.69) is 21.2 Å². The van der Waals surface area contributed by atoms with Gasteiger partial charge in [0.25, 0.3) is 0 Å². The summed E-state index contributed by atoms with van der Waals surface area (Å²) in [6, 6.07) is 7.08. The van der Waals surface area contributed by atoms with Crippen LogP contribution in [-0.2, 0) is 9.53 Å². The number of nitrogens with zero attached hydrogens (tertiary/aromatic N) is 1. The van der Waals surface area contributed by atoms with Crippen LogP contribution in [0.4, 0.5) is 4.79 Å². The minimum Gasteiger partial charge on any atom is -0.493 e. The molecule has 0 aromatic heterocycles. The van der Waals surface area contributed by atoms with Crippen LogP contribution >= 0.6 is 11.6 Å². The predicted octanol–water partition coefficient (Wildman–Crippen LogP) is 2.88. The van der Waals surface area contributed by atoms with Crippen LogP contribution in [0, 0.1) is 0 Å². The van der Waals surface area contributed by atoms with Crippen molar-refractivity contribution in [2.45, 2.75) is 26.1 Å². The number of hydrogen-bond donors (Lipinski definition) is 4. The fourth-order valence-corrected chi connectivity index (χ4v) is 4.13. The number of aliphatic hydroxyl groups is 1. The molecule has 2 aromatic rings. The van der Waals surface area contributed by atoms with Crippen LogP contribution < -0.4 is 35.0 Å². The number of carbonyl (C=O) groups is 2. The van der Waals surface area contributed by atoms with E-state index in [4.69, 9.17) is 35.3 Å². The lowest BCUT2D eigenvalue weighted by atomic mass is 9.95. The number of hydrogen-bond acceptors (Lipinski definition) is 10. The number of aliphatic hydroxyl groups excluding tert-OH is 1. The molecule has 1 aliphatic rings. The SMILES string of the molecule is CCOc1cc([C@@H]2NC(=O)NC(C)=C2C(=O)OC)ccc1OC[C@@H](O)N/N=C\c1cc(Cl)c(OC)c(OC)c1. The molecule has 3 rings (SSSR count). The first-order chi connectivity index (χ1) is 18.7. The second-order valence-electron chi connectivity index (χ2n) is 8.15. The third-order valence-corrected chi connectivity index (χ3v) is 5.85. The molecule has 1 heterocycles. The van der Waals surface area contributed by atoms with Crippen molar-refractivity contribution in [2.24, 2.45) is 5.10 Å². The Kier molecular flexibility index (Phi) is 10.2. The number of esters is 1. The van der Waals surface area contributed by atoms with Gasteiger partial charge in [0.05, 0.1) is 50.8 Å². The minimum absolute atomic E-state index is 0.167. The lowest BCUT2D eigenvalue weighted by Crippen LogP contribution is -2.45. The molecule has 1 aliphatic heterocycles. The van der Waals surface area contributed by atoms with Gasteiger partial charge in [0, 0.05) is 5.70 Å². The van der Waals surface area contributed by atoms with Crippen molar-refractivity contribution >= 4 is 29.8 Å². The summed E-state index contributed by atoms with van der Waals surface area (Å²) in [6.45, 7) is 3.59. The second-order valence-corrected chi connectivity index (χ2v) is 8.56. The highest BCUT2D eigenvalue weighted by molar-refractivity contribution is 6.32. The molecule has 39 heavy (non-hydrogen) atoms. The van der Waals surface area contributed by atoms with E-state index in [-0.39, 0.29) is 12.2 Å². The minimum atomic E-state index is -1.16. The molecule has 0 saturated heterocycles. The van der Waals surface area contributed by atoms with Crippen molar-refractivity contribution in [3.63, 3.8) is 0 Å². The quantitative estimate of drug-likeness (QED) is 0.132. The first kappa shape index (κ1) is 29.4. The molecule has 12 nitrogen and oxygen atoms in total. The summed E-state index contributed by atoms with van der Waals surface area (Å²) in [5, 5.41) is 20.0. The van der Waals surface area contributed by atoms with E-state index in [1.807, 2.05) is 0 Å². The summed E-state index contributed by atoms with van der Waals surface area (Å²) in [7, 11) is 4.25. The number of allylic oxidation sites excluding steroid dienone is 1. The van der Waals surface area contributed by atoms with Gasteiger partial charge >= 0.3 is 12.0 Å². The van der Waals surface area contributed by atoms with Crippen LogP contribution in [0.15, 0.2) is 46.7 Å². The number of rotatable bonds is 12. The zero-order valence-electron chi connectivity index (χ0n) is 22.2. The molecule has 0 aliphatic carbocycles. The van der Waals surface area contributed by atoms with Gasteiger partial charge in [-0.25, -0.2) is 9.59 Å². The van der Waals surface area contributed by atoms with E-state index in [0.29, 0.717) is 51.5 Å². The number of carbonyl (C=O) groups excluding carboxylic acids is 2. The molecular formula is C26H31ClN4O8. The number of nitrogens with one attached hydrogen (secondary N) is 3. The van der Waals surface area contributed by atoms with Gasteiger partial charge < -0.3 is 39.4 Å². The highest BCUT2D eigenvalue weighted by Crippen LogP contribution is 2.36. The average molecular weight is 563 g/mol. The standard InChI is InChI=1S/C26H31ClN4O8/c1-6-38-19-11-16(23-22(25(33)37-5)14(2)29-26(34)30-23)7-8-18(19)39-13-21(32)31-28-12-15-9-17(27)24(36-4)20(10-15)35-3/h7-12,21,23,31-32H,6,13H2,1-5H3,(H2,29,30,34)/b28-12-/t21-,23+/m1/s1. The van der Waals surface area contributed by atoms with Gasteiger partial charge in [-0.1, -0.05) is 17.7 Å². The Hall–Kier alpha value is -4.16. The molecule has 0 unspecified atom stereocenters. The number of methoxy groups -OCH3 is 3. The normalized spacial score (nSPS) is 15.8. The van der Waals surface area contributed by atoms with Gasteiger partial charge in [0.1, 0.15) is 6.61 Å². The van der Waals surface area contributed by atoms with Crippen molar-refractivity contribution in [1.82, 2.24) is 16.1 Å². The smallest absolute Gasteiger partial charge is 0.337 e. The van der Waals surface area contributed by atoms with Crippen molar-refractivity contribution in [3.05, 3.63) is 57.8 Å². The number of amides is 2. The molecule has 2 atom stereocenters. The van der Waals surface area contributed by atoms with Gasteiger partial charge in [0.2, 0.25) is 0 Å². The van der Waals surface area contributed by atoms with Crippen molar-refractivity contribution in [3.8, 4) is 23.0 Å². The summed E-state index contributed by atoms with van der Waals surface area (Å²) in [5.41, 5.74) is 4.42. The number of benzene rings is 2. The van der Waals surface area contributed by atoms with E-state index in [1.54, 1.807) is 44.2 Å². The van der Waals surface area contributed by atoms with Crippen LogP contribution in [0.3, 0.4) is 0 Å². The van der Waals surface area contributed by atoms with Gasteiger partial charge in [-0.3, -0.25) is 5.43 Å². The molecule has 0 spiro atoms. The van der Waals surface area contributed by atoms with E-state index < -0.39 is 24.3 Å². The van der Waals surface area contributed by atoms with Gasteiger partial charge in [0.15, 0.2) is 29.2 Å². The number of ether oxygens (including phenoxy) is 5. The van der Waals surface area contributed by atoms with Crippen molar-refractivity contribution in [1.29, 1.82) is 0 Å². The average Bonchev–Trinajstić information content (AvgIpc) is 2.91. The Labute approximate surface area is 230 Å². The second kappa shape index (κ2) is 13.6.